The third-order valence-electron chi connectivity index (χ3n) is 4.34. The monoisotopic (exact) mass is 337 g/mol. The van der Waals surface area contributed by atoms with Crippen LogP contribution >= 0.6 is 0 Å². The highest BCUT2D eigenvalue weighted by atomic mass is 16.2. The van der Waals surface area contributed by atoms with Gasteiger partial charge in [-0.05, 0) is 55.7 Å². The van der Waals surface area contributed by atoms with Crippen molar-refractivity contribution in [2.75, 3.05) is 22.1 Å². The number of carbonyl (C=O) groups is 2. The van der Waals surface area contributed by atoms with E-state index in [0.717, 1.165) is 36.4 Å². The van der Waals surface area contributed by atoms with Gasteiger partial charge in [0.15, 0.2) is 0 Å². The molecular formula is C20H23N3O2. The Balaban J connectivity index is 1.68. The zero-order valence-electron chi connectivity index (χ0n) is 14.6. The van der Waals surface area contributed by atoms with E-state index in [0.29, 0.717) is 0 Å². The largest absolute Gasteiger partial charge is 0.374 e. The highest BCUT2D eigenvalue weighted by Crippen LogP contribution is 2.27. The van der Waals surface area contributed by atoms with Crippen molar-refractivity contribution >= 4 is 28.9 Å². The van der Waals surface area contributed by atoms with E-state index in [9.17, 15) is 9.59 Å². The van der Waals surface area contributed by atoms with Crippen molar-refractivity contribution in [2.45, 2.75) is 32.7 Å². The number of rotatable bonds is 4. The minimum Gasteiger partial charge on any atom is -0.374 e. The lowest BCUT2D eigenvalue weighted by molar-refractivity contribution is -0.119. The van der Waals surface area contributed by atoms with E-state index in [2.05, 4.69) is 16.7 Å². The van der Waals surface area contributed by atoms with E-state index in [1.807, 2.05) is 54.3 Å². The van der Waals surface area contributed by atoms with Gasteiger partial charge in [-0.3, -0.25) is 9.59 Å². The highest BCUT2D eigenvalue weighted by Gasteiger charge is 2.25. The average Bonchev–Trinajstić information content (AvgIpc) is 2.62. The standard InChI is InChI=1S/C20H23N3O2/c1-14(21-17-9-11-18(12-10-17)22-15(2)24)20(25)23-13-5-7-16-6-3-4-8-19(16)23/h3-4,6,8-12,14,21H,5,7,13H2,1-2H3,(H,22,24). The Morgan fingerprint density at radius 1 is 1.04 bits per heavy atom. The first kappa shape index (κ1) is 17.0. The first-order chi connectivity index (χ1) is 12.0. The molecule has 1 aliphatic rings. The SMILES string of the molecule is CC(=O)Nc1ccc(NC(C)C(=O)N2CCCc3ccccc32)cc1. The molecular weight excluding hydrogens is 314 g/mol. The summed E-state index contributed by atoms with van der Waals surface area (Å²) in [4.78, 5) is 25.8. The summed E-state index contributed by atoms with van der Waals surface area (Å²) in [6, 6.07) is 15.1. The molecule has 2 aromatic rings. The maximum absolute atomic E-state index is 12.9. The number of amides is 2. The Morgan fingerprint density at radius 3 is 2.44 bits per heavy atom. The smallest absolute Gasteiger partial charge is 0.249 e. The average molecular weight is 337 g/mol. The minimum atomic E-state index is -0.335. The number of anilines is 3. The van der Waals surface area contributed by atoms with Gasteiger partial charge < -0.3 is 15.5 Å². The molecule has 1 unspecified atom stereocenters. The van der Waals surface area contributed by atoms with Crippen LogP contribution in [-0.2, 0) is 16.0 Å². The van der Waals surface area contributed by atoms with Crippen LogP contribution in [0.25, 0.3) is 0 Å². The molecule has 0 bridgehead atoms. The Labute approximate surface area is 148 Å². The van der Waals surface area contributed by atoms with E-state index >= 15 is 0 Å². The van der Waals surface area contributed by atoms with Crippen LogP contribution in [0.3, 0.4) is 0 Å². The van der Waals surface area contributed by atoms with Gasteiger partial charge in [0.2, 0.25) is 11.8 Å². The van der Waals surface area contributed by atoms with E-state index < -0.39 is 0 Å². The third kappa shape index (κ3) is 3.99. The lowest BCUT2D eigenvalue weighted by Crippen LogP contribution is -2.44. The van der Waals surface area contributed by atoms with E-state index in [4.69, 9.17) is 0 Å². The van der Waals surface area contributed by atoms with Crippen molar-refractivity contribution in [3.8, 4) is 0 Å². The van der Waals surface area contributed by atoms with Crippen LogP contribution in [0, 0.1) is 0 Å². The molecule has 1 atom stereocenters. The summed E-state index contributed by atoms with van der Waals surface area (Å²) in [5.74, 6) is -0.0360. The molecule has 130 valence electrons. The number of fused-ring (bicyclic) bond motifs is 1. The Bertz CT molecular complexity index is 771. The van der Waals surface area contributed by atoms with Gasteiger partial charge in [-0.1, -0.05) is 18.2 Å². The number of carbonyl (C=O) groups excluding carboxylic acids is 2. The summed E-state index contributed by atoms with van der Waals surface area (Å²) in [5.41, 5.74) is 3.84. The van der Waals surface area contributed by atoms with Crippen molar-refractivity contribution in [1.82, 2.24) is 0 Å². The molecule has 25 heavy (non-hydrogen) atoms. The lowest BCUT2D eigenvalue weighted by Gasteiger charge is -2.32. The van der Waals surface area contributed by atoms with E-state index in [1.54, 1.807) is 0 Å². The maximum Gasteiger partial charge on any atom is 0.249 e. The molecule has 1 aliphatic heterocycles. The zero-order valence-corrected chi connectivity index (χ0v) is 14.6. The topological polar surface area (TPSA) is 61.4 Å². The highest BCUT2D eigenvalue weighted by molar-refractivity contribution is 5.99. The Hall–Kier alpha value is -2.82. The molecule has 0 radical (unpaired) electrons. The minimum absolute atomic E-state index is 0.0677. The fourth-order valence-electron chi connectivity index (χ4n) is 3.16. The van der Waals surface area contributed by atoms with Crippen LogP contribution in [0.1, 0.15) is 25.8 Å². The van der Waals surface area contributed by atoms with E-state index in [-0.39, 0.29) is 17.9 Å². The summed E-state index contributed by atoms with van der Waals surface area (Å²) < 4.78 is 0. The first-order valence-electron chi connectivity index (χ1n) is 8.58. The van der Waals surface area contributed by atoms with Crippen LogP contribution in [0.4, 0.5) is 17.1 Å². The van der Waals surface area contributed by atoms with Crippen molar-refractivity contribution in [3.63, 3.8) is 0 Å². The Morgan fingerprint density at radius 2 is 1.72 bits per heavy atom. The molecule has 5 heteroatoms. The van der Waals surface area contributed by atoms with Crippen molar-refractivity contribution in [3.05, 3.63) is 54.1 Å². The quantitative estimate of drug-likeness (QED) is 0.898. The van der Waals surface area contributed by atoms with Gasteiger partial charge >= 0.3 is 0 Å². The second-order valence-corrected chi connectivity index (χ2v) is 6.35. The second kappa shape index (κ2) is 7.38. The van der Waals surface area contributed by atoms with Gasteiger partial charge in [-0.2, -0.15) is 0 Å². The fraction of sp³-hybridized carbons (Fsp3) is 0.300. The lowest BCUT2D eigenvalue weighted by atomic mass is 10.0. The van der Waals surface area contributed by atoms with Gasteiger partial charge in [0.1, 0.15) is 6.04 Å². The van der Waals surface area contributed by atoms with Gasteiger partial charge in [0, 0.05) is 30.5 Å². The molecule has 2 amide bonds. The number of hydrogen-bond acceptors (Lipinski definition) is 3. The van der Waals surface area contributed by atoms with Crippen LogP contribution < -0.4 is 15.5 Å². The number of hydrogen-bond donors (Lipinski definition) is 2. The number of benzene rings is 2. The number of nitrogens with one attached hydrogen (secondary N) is 2. The summed E-state index contributed by atoms with van der Waals surface area (Å²) in [6.45, 7) is 4.11. The van der Waals surface area contributed by atoms with Crippen LogP contribution in [-0.4, -0.2) is 24.4 Å². The van der Waals surface area contributed by atoms with Crippen molar-refractivity contribution < 1.29 is 9.59 Å². The summed E-state index contributed by atoms with van der Waals surface area (Å²) in [6.07, 6.45) is 2.01. The number of para-hydroxylation sites is 1. The summed E-state index contributed by atoms with van der Waals surface area (Å²) >= 11 is 0. The number of nitrogens with zero attached hydrogens (tertiary/aromatic N) is 1. The molecule has 0 fully saturated rings. The molecule has 0 spiro atoms. The molecule has 0 aromatic heterocycles. The van der Waals surface area contributed by atoms with Crippen molar-refractivity contribution in [2.24, 2.45) is 0 Å². The van der Waals surface area contributed by atoms with Gasteiger partial charge in [-0.15, -0.1) is 0 Å². The second-order valence-electron chi connectivity index (χ2n) is 6.35. The summed E-state index contributed by atoms with van der Waals surface area (Å²) in [7, 11) is 0. The van der Waals surface area contributed by atoms with Gasteiger partial charge in [0.25, 0.3) is 0 Å². The van der Waals surface area contributed by atoms with Gasteiger partial charge in [-0.25, -0.2) is 0 Å². The van der Waals surface area contributed by atoms with Crippen LogP contribution in [0.5, 0.6) is 0 Å². The molecule has 0 saturated carbocycles. The maximum atomic E-state index is 12.9. The fourth-order valence-corrected chi connectivity index (χ4v) is 3.16. The molecule has 5 nitrogen and oxygen atoms in total. The predicted molar refractivity (Wildman–Crippen MR) is 101 cm³/mol. The molecule has 1 heterocycles. The first-order valence-corrected chi connectivity index (χ1v) is 8.58. The van der Waals surface area contributed by atoms with Crippen LogP contribution in [0.2, 0.25) is 0 Å². The molecule has 2 aromatic carbocycles. The van der Waals surface area contributed by atoms with Gasteiger partial charge in [0.05, 0.1) is 0 Å². The molecule has 0 aliphatic carbocycles. The molecule has 2 N–H and O–H groups in total. The Kier molecular flexibility index (Phi) is 5.03. The molecule has 3 rings (SSSR count). The molecule has 0 saturated heterocycles. The van der Waals surface area contributed by atoms with E-state index in [1.165, 1.54) is 12.5 Å². The normalized spacial score (nSPS) is 14.4. The zero-order chi connectivity index (χ0) is 17.8. The van der Waals surface area contributed by atoms with Crippen molar-refractivity contribution in [1.29, 1.82) is 0 Å². The predicted octanol–water partition coefficient (Wildman–Crippen LogP) is 3.42. The van der Waals surface area contributed by atoms with Crippen LogP contribution in [0.15, 0.2) is 48.5 Å². The third-order valence-corrected chi connectivity index (χ3v) is 4.34. The number of aryl methyl sites for hydroxylation is 1. The summed E-state index contributed by atoms with van der Waals surface area (Å²) in [5, 5.41) is 5.98.